The zero-order valence-electron chi connectivity index (χ0n) is 16.2. The van der Waals surface area contributed by atoms with Gasteiger partial charge in [-0.05, 0) is 31.9 Å². The molecule has 11 heteroatoms. The Morgan fingerprint density at radius 3 is 2.68 bits per heavy atom. The van der Waals surface area contributed by atoms with Crippen LogP contribution in [0.4, 0.5) is 17.6 Å². The van der Waals surface area contributed by atoms with Gasteiger partial charge < -0.3 is 14.3 Å². The zero-order valence-corrected chi connectivity index (χ0v) is 16.2. The van der Waals surface area contributed by atoms with Gasteiger partial charge in [0.1, 0.15) is 12.3 Å². The molecule has 160 valence electrons. The average Bonchev–Trinajstić information content (AvgIpc) is 3.33. The Bertz CT molecular complexity index is 1270. The Hall–Kier alpha value is -3.50. The Morgan fingerprint density at radius 2 is 1.97 bits per heavy atom. The van der Waals surface area contributed by atoms with E-state index in [1.807, 2.05) is 13.0 Å². The molecule has 1 aliphatic carbocycles. The van der Waals surface area contributed by atoms with Gasteiger partial charge >= 0.3 is 12.2 Å². The number of rotatable bonds is 5. The summed E-state index contributed by atoms with van der Waals surface area (Å²) in [5.74, 6) is -0.906. The van der Waals surface area contributed by atoms with Crippen molar-refractivity contribution in [1.82, 2.24) is 29.5 Å². The van der Waals surface area contributed by atoms with Crippen LogP contribution in [0.3, 0.4) is 0 Å². The molecule has 1 aliphatic rings. The molecule has 1 N–H and O–H groups in total. The van der Waals surface area contributed by atoms with E-state index in [-0.39, 0.29) is 30.2 Å². The molecule has 4 aromatic heterocycles. The van der Waals surface area contributed by atoms with Crippen LogP contribution in [0, 0.1) is 12.7 Å². The number of hydrogen-bond acceptors (Lipinski definition) is 5. The second-order valence-electron chi connectivity index (χ2n) is 7.45. The molecule has 1 fully saturated rings. The fourth-order valence-electron chi connectivity index (χ4n) is 3.31. The van der Waals surface area contributed by atoms with E-state index in [9.17, 15) is 17.6 Å². The summed E-state index contributed by atoms with van der Waals surface area (Å²) in [7, 11) is 0. The molecular weight excluding hydrogens is 416 g/mol. The van der Waals surface area contributed by atoms with E-state index >= 15 is 0 Å². The number of ether oxygens (including phenoxy) is 1. The van der Waals surface area contributed by atoms with Crippen molar-refractivity contribution in [3.63, 3.8) is 0 Å². The summed E-state index contributed by atoms with van der Waals surface area (Å²) < 4.78 is 60.9. The van der Waals surface area contributed by atoms with Crippen molar-refractivity contribution in [2.24, 2.45) is 0 Å². The lowest BCUT2D eigenvalue weighted by molar-refractivity contribution is -0.140. The molecule has 1 saturated carbocycles. The molecule has 4 aromatic rings. The van der Waals surface area contributed by atoms with E-state index < -0.39 is 17.7 Å². The van der Waals surface area contributed by atoms with Crippen molar-refractivity contribution in [3.05, 3.63) is 53.5 Å². The standard InChI is InChI=1S/C20H16F4N6O/c1-10-4-14-15(27-10)7-26-19(28-14)31-9-11-5-13(21)17(25-6-11)18-29-16(20(22,23)24)8-30(18)12-2-3-12/h4-8,12,27H,2-3,9H2,1H3. The molecule has 7 nitrogen and oxygen atoms in total. The minimum absolute atomic E-state index is 0.0516. The SMILES string of the molecule is Cc1cc2nc(OCc3cnc(-c4nc(C(F)(F)F)cn4C4CC4)c(F)c3)ncc2[nH]1. The highest BCUT2D eigenvalue weighted by Gasteiger charge is 2.38. The Morgan fingerprint density at radius 1 is 1.16 bits per heavy atom. The van der Waals surface area contributed by atoms with Gasteiger partial charge in [-0.2, -0.15) is 18.2 Å². The zero-order chi connectivity index (χ0) is 21.8. The molecule has 31 heavy (non-hydrogen) atoms. The summed E-state index contributed by atoms with van der Waals surface area (Å²) in [6.45, 7) is 1.84. The number of fused-ring (bicyclic) bond motifs is 1. The van der Waals surface area contributed by atoms with Crippen LogP contribution in [0.2, 0.25) is 0 Å². The van der Waals surface area contributed by atoms with Crippen LogP contribution in [0.1, 0.15) is 35.8 Å². The summed E-state index contributed by atoms with van der Waals surface area (Å²) in [5, 5.41) is 0. The topological polar surface area (TPSA) is 81.5 Å². The fraction of sp³-hybridized carbons (Fsp3) is 0.300. The average molecular weight is 432 g/mol. The number of nitrogens with zero attached hydrogens (tertiary/aromatic N) is 5. The number of aromatic nitrogens is 6. The number of aryl methyl sites for hydroxylation is 1. The van der Waals surface area contributed by atoms with Gasteiger partial charge in [0.05, 0.1) is 17.2 Å². The predicted molar refractivity (Wildman–Crippen MR) is 102 cm³/mol. The highest BCUT2D eigenvalue weighted by molar-refractivity contribution is 5.75. The van der Waals surface area contributed by atoms with Crippen molar-refractivity contribution in [2.45, 2.75) is 38.6 Å². The van der Waals surface area contributed by atoms with Gasteiger partial charge in [0.25, 0.3) is 0 Å². The molecule has 5 rings (SSSR count). The van der Waals surface area contributed by atoms with Crippen LogP contribution in [0.15, 0.2) is 30.7 Å². The van der Waals surface area contributed by atoms with E-state index in [0.29, 0.717) is 11.1 Å². The molecule has 0 amide bonds. The van der Waals surface area contributed by atoms with Gasteiger partial charge in [-0.1, -0.05) is 0 Å². The molecule has 4 heterocycles. The lowest BCUT2D eigenvalue weighted by Gasteiger charge is -2.08. The van der Waals surface area contributed by atoms with Crippen LogP contribution in [0.5, 0.6) is 6.01 Å². The van der Waals surface area contributed by atoms with E-state index in [1.165, 1.54) is 16.8 Å². The summed E-state index contributed by atoms with van der Waals surface area (Å²) in [4.78, 5) is 19.1. The first kappa shape index (κ1) is 19.5. The van der Waals surface area contributed by atoms with Gasteiger partial charge in [0.15, 0.2) is 17.3 Å². The number of hydrogen-bond donors (Lipinski definition) is 1. The van der Waals surface area contributed by atoms with Crippen LogP contribution in [-0.2, 0) is 12.8 Å². The van der Waals surface area contributed by atoms with Crippen molar-refractivity contribution in [1.29, 1.82) is 0 Å². The number of H-pyrrole nitrogens is 1. The minimum Gasteiger partial charge on any atom is -0.459 e. The number of halogens is 4. The Kier molecular flexibility index (Phi) is 4.42. The van der Waals surface area contributed by atoms with E-state index in [4.69, 9.17) is 4.74 Å². The second-order valence-corrected chi connectivity index (χ2v) is 7.45. The third kappa shape index (κ3) is 3.82. The third-order valence-electron chi connectivity index (χ3n) is 4.92. The molecule has 0 aliphatic heterocycles. The van der Waals surface area contributed by atoms with Crippen LogP contribution < -0.4 is 4.74 Å². The molecule has 0 unspecified atom stereocenters. The van der Waals surface area contributed by atoms with Crippen LogP contribution in [0.25, 0.3) is 22.6 Å². The summed E-state index contributed by atoms with van der Waals surface area (Å²) in [6, 6.07) is 3.01. The monoisotopic (exact) mass is 432 g/mol. The molecule has 0 spiro atoms. The third-order valence-corrected chi connectivity index (χ3v) is 4.92. The van der Waals surface area contributed by atoms with Crippen molar-refractivity contribution < 1.29 is 22.3 Å². The maximum atomic E-state index is 14.8. The lowest BCUT2D eigenvalue weighted by atomic mass is 10.2. The maximum Gasteiger partial charge on any atom is 0.434 e. The number of nitrogens with one attached hydrogen (secondary N) is 1. The summed E-state index contributed by atoms with van der Waals surface area (Å²) in [5.41, 5.74) is 1.49. The van der Waals surface area contributed by atoms with Gasteiger partial charge in [0.2, 0.25) is 0 Å². The summed E-state index contributed by atoms with van der Waals surface area (Å²) in [6.07, 6.45) is 0.678. The Labute approximate surface area is 173 Å². The van der Waals surface area contributed by atoms with E-state index in [0.717, 1.165) is 30.2 Å². The molecule has 0 radical (unpaired) electrons. The number of alkyl halides is 3. The molecular formula is C20H16F4N6O. The molecule has 0 bridgehead atoms. The number of aromatic amines is 1. The quantitative estimate of drug-likeness (QED) is 0.467. The van der Waals surface area contributed by atoms with Gasteiger partial charge in [-0.15, -0.1) is 0 Å². The first-order valence-corrected chi connectivity index (χ1v) is 9.54. The number of pyridine rings is 1. The second kappa shape index (κ2) is 7.03. The normalized spacial score (nSPS) is 14.4. The van der Waals surface area contributed by atoms with Crippen LogP contribution in [-0.4, -0.2) is 29.5 Å². The number of imidazole rings is 1. The molecule has 0 atom stereocenters. The molecule has 0 aromatic carbocycles. The van der Waals surface area contributed by atoms with Crippen molar-refractivity contribution >= 4 is 11.0 Å². The van der Waals surface area contributed by atoms with E-state index in [2.05, 4.69) is 24.9 Å². The maximum absolute atomic E-state index is 14.8. The Balaban J connectivity index is 1.38. The predicted octanol–water partition coefficient (Wildman–Crippen LogP) is 4.60. The van der Waals surface area contributed by atoms with Gasteiger partial charge in [0, 0.05) is 29.7 Å². The minimum atomic E-state index is -4.61. The van der Waals surface area contributed by atoms with Crippen molar-refractivity contribution in [2.75, 3.05) is 0 Å². The smallest absolute Gasteiger partial charge is 0.434 e. The van der Waals surface area contributed by atoms with E-state index in [1.54, 1.807) is 6.20 Å². The highest BCUT2D eigenvalue weighted by atomic mass is 19.4. The lowest BCUT2D eigenvalue weighted by Crippen LogP contribution is -2.05. The van der Waals surface area contributed by atoms with Crippen molar-refractivity contribution in [3.8, 4) is 17.5 Å². The largest absolute Gasteiger partial charge is 0.459 e. The van der Waals surface area contributed by atoms with Gasteiger partial charge in [-0.3, -0.25) is 0 Å². The molecule has 0 saturated heterocycles. The first-order valence-electron chi connectivity index (χ1n) is 9.54. The van der Waals surface area contributed by atoms with Gasteiger partial charge in [-0.25, -0.2) is 19.3 Å². The fourth-order valence-corrected chi connectivity index (χ4v) is 3.31. The first-order chi connectivity index (χ1) is 14.8. The van der Waals surface area contributed by atoms with Crippen LogP contribution >= 0.6 is 0 Å². The highest BCUT2D eigenvalue weighted by Crippen LogP contribution is 2.41. The summed E-state index contributed by atoms with van der Waals surface area (Å²) >= 11 is 0.